The maximum absolute atomic E-state index is 9.45. The van der Waals surface area contributed by atoms with Crippen LogP contribution in [0.15, 0.2) is 34.8 Å². The molecule has 0 spiro atoms. The SMILES string of the molecule is CCC(O)/C=C(\I)c1ccc(Br)cc1. The maximum atomic E-state index is 9.45. The molecule has 0 fully saturated rings. The molecule has 0 saturated heterocycles. The van der Waals surface area contributed by atoms with Gasteiger partial charge in [-0.1, -0.05) is 35.0 Å². The third-order valence-electron chi connectivity index (χ3n) is 1.88. The molecule has 1 aromatic rings. The summed E-state index contributed by atoms with van der Waals surface area (Å²) in [5.41, 5.74) is 1.14. The van der Waals surface area contributed by atoms with Crippen LogP contribution in [0.3, 0.4) is 0 Å². The molecule has 0 aromatic heterocycles. The molecule has 0 amide bonds. The summed E-state index contributed by atoms with van der Waals surface area (Å²) in [6.45, 7) is 1.96. The molecule has 1 rings (SSSR count). The Bertz CT molecular complexity index is 319. The molecule has 0 bridgehead atoms. The Kier molecular flexibility index (Phi) is 5.12. The summed E-state index contributed by atoms with van der Waals surface area (Å²) in [5.74, 6) is 0. The molecule has 3 heteroatoms. The number of benzene rings is 1. The van der Waals surface area contributed by atoms with Crippen molar-refractivity contribution < 1.29 is 5.11 Å². The van der Waals surface area contributed by atoms with Crippen LogP contribution in [0.2, 0.25) is 0 Å². The number of aliphatic hydroxyl groups is 1. The second-order valence-corrected chi connectivity index (χ2v) is 5.07. The standard InChI is InChI=1S/C11H12BrIO/c1-2-10(14)7-11(13)8-3-5-9(12)6-4-8/h3-7,10,14H,2H2,1H3/b11-7-. The summed E-state index contributed by atoms with van der Waals surface area (Å²) in [5, 5.41) is 9.45. The van der Waals surface area contributed by atoms with Crippen LogP contribution in [0.1, 0.15) is 18.9 Å². The first kappa shape index (κ1) is 12.2. The quantitative estimate of drug-likeness (QED) is 0.802. The van der Waals surface area contributed by atoms with Crippen LogP contribution in [0, 0.1) is 0 Å². The van der Waals surface area contributed by atoms with E-state index in [1.54, 1.807) is 0 Å². The minimum atomic E-state index is -0.342. The summed E-state index contributed by atoms with van der Waals surface area (Å²) >= 11 is 5.63. The summed E-state index contributed by atoms with van der Waals surface area (Å²) in [6.07, 6.45) is 2.29. The van der Waals surface area contributed by atoms with E-state index in [4.69, 9.17) is 0 Å². The normalized spacial score (nSPS) is 14.1. The van der Waals surface area contributed by atoms with Crippen molar-refractivity contribution in [1.29, 1.82) is 0 Å². The largest absolute Gasteiger partial charge is 0.389 e. The van der Waals surface area contributed by atoms with E-state index in [1.807, 2.05) is 37.3 Å². The third kappa shape index (κ3) is 3.71. The molecule has 1 aromatic carbocycles. The van der Waals surface area contributed by atoms with Gasteiger partial charge in [0.25, 0.3) is 0 Å². The summed E-state index contributed by atoms with van der Waals surface area (Å²) in [6, 6.07) is 8.07. The molecule has 1 atom stereocenters. The Morgan fingerprint density at radius 1 is 1.50 bits per heavy atom. The van der Waals surface area contributed by atoms with Crippen molar-refractivity contribution in [2.24, 2.45) is 0 Å². The molecule has 1 nitrogen and oxygen atoms in total. The Morgan fingerprint density at radius 2 is 2.07 bits per heavy atom. The minimum Gasteiger partial charge on any atom is -0.389 e. The molecule has 76 valence electrons. The van der Waals surface area contributed by atoms with Crippen LogP contribution in [0.5, 0.6) is 0 Å². The van der Waals surface area contributed by atoms with E-state index in [0.717, 1.165) is 20.0 Å². The van der Waals surface area contributed by atoms with Gasteiger partial charge in [0, 0.05) is 8.05 Å². The highest BCUT2D eigenvalue weighted by molar-refractivity contribution is 14.1. The molecule has 0 aliphatic carbocycles. The fourth-order valence-corrected chi connectivity index (χ4v) is 2.03. The van der Waals surface area contributed by atoms with Gasteiger partial charge < -0.3 is 5.11 Å². The molecule has 0 aliphatic rings. The van der Waals surface area contributed by atoms with Crippen LogP contribution < -0.4 is 0 Å². The number of hydrogen-bond donors (Lipinski definition) is 1. The van der Waals surface area contributed by atoms with Crippen LogP contribution in [-0.2, 0) is 0 Å². The third-order valence-corrected chi connectivity index (χ3v) is 3.39. The molecule has 0 heterocycles. The lowest BCUT2D eigenvalue weighted by molar-refractivity contribution is 0.220. The second-order valence-electron chi connectivity index (χ2n) is 3.00. The van der Waals surface area contributed by atoms with Gasteiger partial charge in [0.05, 0.1) is 6.10 Å². The number of rotatable bonds is 3. The first-order valence-corrected chi connectivity index (χ1v) is 6.32. The van der Waals surface area contributed by atoms with Crippen LogP contribution >= 0.6 is 38.5 Å². The van der Waals surface area contributed by atoms with Crippen LogP contribution in [-0.4, -0.2) is 11.2 Å². The van der Waals surface area contributed by atoms with Crippen molar-refractivity contribution in [3.63, 3.8) is 0 Å². The molecule has 0 radical (unpaired) electrons. The van der Waals surface area contributed by atoms with Crippen molar-refractivity contribution in [1.82, 2.24) is 0 Å². The lowest BCUT2D eigenvalue weighted by Gasteiger charge is -2.04. The number of aliphatic hydroxyl groups excluding tert-OH is 1. The fraction of sp³-hybridized carbons (Fsp3) is 0.273. The molecule has 0 aliphatic heterocycles. The first-order valence-electron chi connectivity index (χ1n) is 4.44. The van der Waals surface area contributed by atoms with E-state index in [-0.39, 0.29) is 6.10 Å². The van der Waals surface area contributed by atoms with Crippen molar-refractivity contribution in [2.75, 3.05) is 0 Å². The number of hydrogen-bond acceptors (Lipinski definition) is 1. The second kappa shape index (κ2) is 5.88. The zero-order valence-electron chi connectivity index (χ0n) is 7.87. The van der Waals surface area contributed by atoms with Gasteiger partial charge in [0.2, 0.25) is 0 Å². The Hall–Kier alpha value is 0.130. The smallest absolute Gasteiger partial charge is 0.0731 e. The Balaban J connectivity index is 2.83. The van der Waals surface area contributed by atoms with Crippen molar-refractivity contribution >= 4 is 42.1 Å². The molecular formula is C11H12BrIO. The molecule has 1 N–H and O–H groups in total. The average molecular weight is 367 g/mol. The Morgan fingerprint density at radius 3 is 2.57 bits per heavy atom. The summed E-state index contributed by atoms with van der Waals surface area (Å²) in [7, 11) is 0. The van der Waals surface area contributed by atoms with Crippen LogP contribution in [0.4, 0.5) is 0 Å². The van der Waals surface area contributed by atoms with Gasteiger partial charge in [-0.25, -0.2) is 0 Å². The first-order chi connectivity index (χ1) is 6.63. The highest BCUT2D eigenvalue weighted by Crippen LogP contribution is 2.24. The maximum Gasteiger partial charge on any atom is 0.0731 e. The highest BCUT2D eigenvalue weighted by atomic mass is 127. The van der Waals surface area contributed by atoms with Gasteiger partial charge in [-0.15, -0.1) is 0 Å². The molecule has 0 saturated carbocycles. The summed E-state index contributed by atoms with van der Waals surface area (Å²) in [4.78, 5) is 0. The van der Waals surface area contributed by atoms with Crippen molar-refractivity contribution in [2.45, 2.75) is 19.4 Å². The van der Waals surface area contributed by atoms with Gasteiger partial charge in [-0.05, 0) is 52.8 Å². The lowest BCUT2D eigenvalue weighted by Crippen LogP contribution is -1.98. The van der Waals surface area contributed by atoms with Gasteiger partial charge in [0.15, 0.2) is 0 Å². The van der Waals surface area contributed by atoms with E-state index in [1.165, 1.54) is 0 Å². The predicted octanol–water partition coefficient (Wildman–Crippen LogP) is 4.00. The number of halogens is 2. The van der Waals surface area contributed by atoms with E-state index in [2.05, 4.69) is 38.5 Å². The average Bonchev–Trinajstić information content (AvgIpc) is 2.18. The minimum absolute atomic E-state index is 0.342. The molecule has 14 heavy (non-hydrogen) atoms. The lowest BCUT2D eigenvalue weighted by atomic mass is 10.2. The highest BCUT2D eigenvalue weighted by Gasteiger charge is 2.00. The Labute approximate surface area is 106 Å². The zero-order valence-corrected chi connectivity index (χ0v) is 11.6. The van der Waals surface area contributed by atoms with Crippen LogP contribution in [0.25, 0.3) is 3.58 Å². The topological polar surface area (TPSA) is 20.2 Å². The van der Waals surface area contributed by atoms with Crippen molar-refractivity contribution in [3.8, 4) is 0 Å². The summed E-state index contributed by atoms with van der Waals surface area (Å²) < 4.78 is 2.16. The van der Waals surface area contributed by atoms with Crippen molar-refractivity contribution in [3.05, 3.63) is 40.4 Å². The van der Waals surface area contributed by atoms with Gasteiger partial charge >= 0.3 is 0 Å². The predicted molar refractivity (Wildman–Crippen MR) is 72.4 cm³/mol. The van der Waals surface area contributed by atoms with Gasteiger partial charge in [-0.3, -0.25) is 0 Å². The van der Waals surface area contributed by atoms with E-state index < -0.39 is 0 Å². The van der Waals surface area contributed by atoms with Gasteiger partial charge in [-0.2, -0.15) is 0 Å². The zero-order chi connectivity index (χ0) is 10.6. The van der Waals surface area contributed by atoms with E-state index in [0.29, 0.717) is 0 Å². The van der Waals surface area contributed by atoms with E-state index in [9.17, 15) is 5.11 Å². The monoisotopic (exact) mass is 366 g/mol. The molecular weight excluding hydrogens is 355 g/mol. The molecule has 1 unspecified atom stereocenters. The fourth-order valence-electron chi connectivity index (χ4n) is 0.992. The van der Waals surface area contributed by atoms with E-state index >= 15 is 0 Å². The van der Waals surface area contributed by atoms with Gasteiger partial charge in [0.1, 0.15) is 0 Å².